The lowest BCUT2D eigenvalue weighted by atomic mass is 9.91. The number of carbonyl (C=O) groups is 1. The average Bonchev–Trinajstić information content (AvgIpc) is 3.45. The van der Waals surface area contributed by atoms with Gasteiger partial charge in [-0.05, 0) is 64.7 Å². The van der Waals surface area contributed by atoms with Gasteiger partial charge >= 0.3 is 6.09 Å². The van der Waals surface area contributed by atoms with E-state index in [1.807, 2.05) is 28.5 Å². The van der Waals surface area contributed by atoms with Crippen molar-refractivity contribution < 1.29 is 19.4 Å². The van der Waals surface area contributed by atoms with Gasteiger partial charge in [-0.1, -0.05) is 11.8 Å². The summed E-state index contributed by atoms with van der Waals surface area (Å²) in [5.74, 6) is 3.81. The molecule has 0 saturated carbocycles. The number of aromatic nitrogens is 4. The molecule has 0 spiro atoms. The van der Waals surface area contributed by atoms with Crippen molar-refractivity contribution in [3.8, 4) is 11.5 Å². The number of hydrogen-bond acceptors (Lipinski definition) is 8. The van der Waals surface area contributed by atoms with Gasteiger partial charge < -0.3 is 29.4 Å². The summed E-state index contributed by atoms with van der Waals surface area (Å²) in [7, 11) is 0. The Morgan fingerprint density at radius 2 is 2.15 bits per heavy atom. The molecule has 1 unspecified atom stereocenters. The Balaban J connectivity index is 1.38. The lowest BCUT2D eigenvalue weighted by Crippen LogP contribution is -2.41. The minimum atomic E-state index is -0.995. The Kier molecular flexibility index (Phi) is 6.93. The van der Waals surface area contributed by atoms with Crippen molar-refractivity contribution in [2.75, 3.05) is 18.3 Å². The number of ether oxygens (including phenoxy) is 2. The molecule has 2 aliphatic heterocycles. The second kappa shape index (κ2) is 10.1. The lowest BCUT2D eigenvalue weighted by molar-refractivity contribution is 0.174. The summed E-state index contributed by atoms with van der Waals surface area (Å²) in [5, 5.41) is 20.9. The maximum Gasteiger partial charge on any atom is 0.404 e. The molecule has 0 bridgehead atoms. The van der Waals surface area contributed by atoms with Crippen LogP contribution in [0, 0.1) is 11.3 Å². The molecule has 10 nitrogen and oxygen atoms in total. The third kappa shape index (κ3) is 5.01. The predicted octanol–water partition coefficient (Wildman–Crippen LogP) is 4.05. The van der Waals surface area contributed by atoms with E-state index in [9.17, 15) is 9.90 Å². The van der Waals surface area contributed by atoms with Crippen LogP contribution in [0.4, 0.5) is 4.79 Å². The number of nitrogens with one attached hydrogen (secondary N) is 3. The summed E-state index contributed by atoms with van der Waals surface area (Å²) < 4.78 is 13.6. The van der Waals surface area contributed by atoms with Gasteiger partial charge in [-0.15, -0.1) is 0 Å². The second-order valence-electron chi connectivity index (χ2n) is 8.06. The Labute approximate surface area is 211 Å². The Bertz CT molecular complexity index is 1280. The van der Waals surface area contributed by atoms with Gasteiger partial charge in [0, 0.05) is 22.0 Å². The number of fused-ring (bicyclic) bond motifs is 2. The number of rotatable bonds is 7. The summed E-state index contributed by atoms with van der Waals surface area (Å²) in [6, 6.07) is 3.63. The quantitative estimate of drug-likeness (QED) is 0.336. The molecule has 34 heavy (non-hydrogen) atoms. The summed E-state index contributed by atoms with van der Waals surface area (Å²) in [5.41, 5.74) is 1.27. The molecular formula is C21H23BrN6O4S2. The number of halogens is 1. The van der Waals surface area contributed by atoms with Crippen molar-refractivity contribution in [1.29, 1.82) is 5.41 Å². The Morgan fingerprint density at radius 3 is 2.91 bits per heavy atom. The number of H-pyrrole nitrogens is 1. The number of aromatic amines is 1. The van der Waals surface area contributed by atoms with Crippen LogP contribution in [0.3, 0.4) is 0 Å². The number of amides is 1. The van der Waals surface area contributed by atoms with Gasteiger partial charge in [0.25, 0.3) is 0 Å². The third-order valence-electron chi connectivity index (χ3n) is 5.96. The highest BCUT2D eigenvalue weighted by Crippen LogP contribution is 2.42. The molecule has 1 saturated heterocycles. The van der Waals surface area contributed by atoms with Gasteiger partial charge in [0.1, 0.15) is 5.52 Å². The van der Waals surface area contributed by atoms with Crippen molar-refractivity contribution in [2.24, 2.45) is 5.92 Å². The molecule has 2 aromatic heterocycles. The molecule has 1 fully saturated rings. The molecular weight excluding hydrogens is 544 g/mol. The molecule has 1 amide bonds. The van der Waals surface area contributed by atoms with Crippen LogP contribution in [-0.4, -0.2) is 55.1 Å². The van der Waals surface area contributed by atoms with Crippen molar-refractivity contribution in [2.45, 2.75) is 41.9 Å². The molecule has 5 rings (SSSR count). The number of benzene rings is 1. The maximum atomic E-state index is 11.4. The highest BCUT2D eigenvalue weighted by Gasteiger charge is 2.25. The standard InChI is InChI=1S/C21H23BrN6O4S2/c22-12-7-14-15(32-10-31-14)8-16(12)34-20-26-17-18(23)24-9-28(19(17)27-20)4-1-13(25-21(29)30)11-2-5-33-6-3-11/h7-9,11,13,23,25H,1-6,10H2,(H,26,27)(H,29,30). The molecule has 1 atom stereocenters. The summed E-state index contributed by atoms with van der Waals surface area (Å²) in [4.78, 5) is 24.4. The zero-order valence-corrected chi connectivity index (χ0v) is 21.3. The largest absolute Gasteiger partial charge is 0.465 e. The fraction of sp³-hybridized carbons (Fsp3) is 0.429. The van der Waals surface area contributed by atoms with Crippen LogP contribution in [0.25, 0.3) is 11.2 Å². The van der Waals surface area contributed by atoms with Crippen molar-refractivity contribution in [3.63, 3.8) is 0 Å². The minimum Gasteiger partial charge on any atom is -0.465 e. The number of hydrogen-bond donors (Lipinski definition) is 4. The van der Waals surface area contributed by atoms with E-state index in [1.54, 1.807) is 6.33 Å². The molecule has 1 aromatic carbocycles. The van der Waals surface area contributed by atoms with Crippen molar-refractivity contribution in [3.05, 3.63) is 28.4 Å². The number of nitrogens with zero attached hydrogens (tertiary/aromatic N) is 3. The molecule has 180 valence electrons. The smallest absolute Gasteiger partial charge is 0.404 e. The first-order valence-electron chi connectivity index (χ1n) is 10.8. The normalized spacial score (nSPS) is 16.6. The first-order valence-corrected chi connectivity index (χ1v) is 13.6. The van der Waals surface area contributed by atoms with E-state index in [2.05, 4.69) is 31.2 Å². The SMILES string of the molecule is N=c1ncn(CCC(NC(=O)O)C2CCSCC2)c2nc(Sc3cc4c(cc3Br)OCO4)[nH]c12. The van der Waals surface area contributed by atoms with E-state index < -0.39 is 6.09 Å². The lowest BCUT2D eigenvalue weighted by Gasteiger charge is -2.30. The van der Waals surface area contributed by atoms with E-state index in [1.165, 1.54) is 11.8 Å². The van der Waals surface area contributed by atoms with E-state index in [0.717, 1.165) is 33.7 Å². The average molecular weight is 567 g/mol. The van der Waals surface area contributed by atoms with E-state index in [-0.39, 0.29) is 18.3 Å². The predicted molar refractivity (Wildman–Crippen MR) is 132 cm³/mol. The fourth-order valence-corrected chi connectivity index (χ4v) is 6.76. The van der Waals surface area contributed by atoms with Gasteiger partial charge in [0.2, 0.25) is 6.79 Å². The molecule has 2 aliphatic rings. The van der Waals surface area contributed by atoms with E-state index >= 15 is 0 Å². The van der Waals surface area contributed by atoms with Gasteiger partial charge in [-0.3, -0.25) is 5.41 Å². The van der Waals surface area contributed by atoms with Gasteiger partial charge in [0.15, 0.2) is 27.8 Å². The number of imidazole rings is 1. The first kappa shape index (κ1) is 23.4. The monoisotopic (exact) mass is 566 g/mol. The Hall–Kier alpha value is -2.38. The highest BCUT2D eigenvalue weighted by atomic mass is 79.9. The van der Waals surface area contributed by atoms with E-state index in [0.29, 0.717) is 46.7 Å². The molecule has 0 radical (unpaired) electrons. The van der Waals surface area contributed by atoms with Crippen LogP contribution < -0.4 is 20.3 Å². The molecule has 3 aromatic rings. The summed E-state index contributed by atoms with van der Waals surface area (Å²) in [6.45, 7) is 0.743. The maximum absolute atomic E-state index is 11.4. The second-order valence-corrected chi connectivity index (χ2v) is 11.2. The molecule has 4 N–H and O–H groups in total. The van der Waals surface area contributed by atoms with Crippen LogP contribution in [0.2, 0.25) is 0 Å². The molecule has 13 heteroatoms. The summed E-state index contributed by atoms with van der Waals surface area (Å²) >= 11 is 6.90. The molecule has 4 heterocycles. The van der Waals surface area contributed by atoms with Gasteiger partial charge in [-0.2, -0.15) is 11.8 Å². The van der Waals surface area contributed by atoms with Crippen LogP contribution in [0.1, 0.15) is 19.3 Å². The topological polar surface area (TPSA) is 138 Å². The van der Waals surface area contributed by atoms with Gasteiger partial charge in [-0.25, -0.2) is 14.8 Å². The Morgan fingerprint density at radius 1 is 1.38 bits per heavy atom. The first-order chi connectivity index (χ1) is 16.5. The number of aryl methyl sites for hydroxylation is 1. The highest BCUT2D eigenvalue weighted by molar-refractivity contribution is 9.10. The number of thioether (sulfide) groups is 1. The zero-order chi connectivity index (χ0) is 23.7. The third-order valence-corrected chi connectivity index (χ3v) is 8.87. The van der Waals surface area contributed by atoms with Crippen molar-refractivity contribution >= 4 is 56.7 Å². The van der Waals surface area contributed by atoms with Gasteiger partial charge in [0.05, 0.1) is 6.33 Å². The van der Waals surface area contributed by atoms with Crippen LogP contribution >= 0.6 is 39.5 Å². The van der Waals surface area contributed by atoms with Crippen LogP contribution in [0.5, 0.6) is 11.5 Å². The van der Waals surface area contributed by atoms with Crippen LogP contribution in [-0.2, 0) is 6.54 Å². The fourth-order valence-electron chi connectivity index (χ4n) is 4.24. The van der Waals surface area contributed by atoms with E-state index in [4.69, 9.17) is 19.9 Å². The minimum absolute atomic E-state index is 0.111. The summed E-state index contributed by atoms with van der Waals surface area (Å²) in [6.07, 6.45) is 3.25. The number of carboxylic acid groups (broad SMARTS) is 1. The zero-order valence-electron chi connectivity index (χ0n) is 18.0. The van der Waals surface area contributed by atoms with Crippen LogP contribution in [0.15, 0.2) is 33.0 Å². The van der Waals surface area contributed by atoms with Crippen molar-refractivity contribution in [1.82, 2.24) is 24.8 Å². The molecule has 0 aliphatic carbocycles.